The van der Waals surface area contributed by atoms with E-state index in [-0.39, 0.29) is 11.5 Å². The Kier molecular flexibility index (Phi) is 12.8. The monoisotopic (exact) mass is 426 g/mol. The van der Waals surface area contributed by atoms with Crippen molar-refractivity contribution in [3.05, 3.63) is 29.8 Å². The standard InChI is InChI=1S/C24H44NO3S/c1-23-17-19-24(20-18-23)29(26,27)28-22-16-14-12-10-8-6-5-7-9-11-13-15-21-25(2,3)4/h17-20H,5-16,21-22H2,1-4H3/q+1. The number of unbranched alkanes of at least 4 members (excludes halogenated alkanes) is 11. The molecule has 0 unspecified atom stereocenters. The number of aryl methyl sites for hydroxylation is 1. The summed E-state index contributed by atoms with van der Waals surface area (Å²) in [5.41, 5.74) is 1.04. The predicted molar refractivity (Wildman–Crippen MR) is 123 cm³/mol. The molecular weight excluding hydrogens is 382 g/mol. The summed E-state index contributed by atoms with van der Waals surface area (Å²) in [5, 5.41) is 0. The highest BCUT2D eigenvalue weighted by molar-refractivity contribution is 7.86. The molecule has 0 N–H and O–H groups in total. The molecule has 0 atom stereocenters. The smallest absolute Gasteiger partial charge is 0.296 e. The van der Waals surface area contributed by atoms with Gasteiger partial charge in [0.15, 0.2) is 0 Å². The zero-order chi connectivity index (χ0) is 21.6. The molecule has 0 saturated heterocycles. The van der Waals surface area contributed by atoms with Gasteiger partial charge in [-0.05, 0) is 38.3 Å². The summed E-state index contributed by atoms with van der Waals surface area (Å²) >= 11 is 0. The van der Waals surface area contributed by atoms with Crippen LogP contribution < -0.4 is 0 Å². The van der Waals surface area contributed by atoms with Gasteiger partial charge in [0.05, 0.1) is 39.2 Å². The van der Waals surface area contributed by atoms with Gasteiger partial charge in [-0.25, -0.2) is 0 Å². The largest absolute Gasteiger partial charge is 0.331 e. The summed E-state index contributed by atoms with van der Waals surface area (Å²) in [6.45, 7) is 3.50. The molecule has 0 amide bonds. The Balaban J connectivity index is 1.89. The van der Waals surface area contributed by atoms with Gasteiger partial charge in [0.2, 0.25) is 0 Å². The van der Waals surface area contributed by atoms with E-state index in [0.717, 1.165) is 22.9 Å². The van der Waals surface area contributed by atoms with Crippen molar-refractivity contribution < 1.29 is 17.1 Å². The van der Waals surface area contributed by atoms with Crippen LogP contribution in [-0.2, 0) is 14.3 Å². The van der Waals surface area contributed by atoms with Gasteiger partial charge in [-0.15, -0.1) is 0 Å². The van der Waals surface area contributed by atoms with E-state index < -0.39 is 10.1 Å². The first kappa shape index (κ1) is 26.1. The predicted octanol–water partition coefficient (Wildman–Crippen LogP) is 6.09. The van der Waals surface area contributed by atoms with Crippen molar-refractivity contribution in [2.45, 2.75) is 88.9 Å². The number of quaternary nitrogens is 1. The molecule has 1 aromatic carbocycles. The number of rotatable bonds is 17. The lowest BCUT2D eigenvalue weighted by atomic mass is 10.1. The third-order valence-electron chi connectivity index (χ3n) is 5.27. The van der Waals surface area contributed by atoms with Crippen LogP contribution in [0.2, 0.25) is 0 Å². The molecule has 0 saturated carbocycles. The average molecular weight is 427 g/mol. The van der Waals surface area contributed by atoms with Crippen LogP contribution in [0, 0.1) is 6.92 Å². The Morgan fingerprint density at radius 2 is 1.10 bits per heavy atom. The molecule has 1 aromatic rings. The van der Waals surface area contributed by atoms with Crippen molar-refractivity contribution in [2.75, 3.05) is 34.3 Å². The number of hydrogen-bond acceptors (Lipinski definition) is 3. The van der Waals surface area contributed by atoms with Gasteiger partial charge < -0.3 is 4.48 Å². The molecule has 0 aliphatic carbocycles. The number of hydrogen-bond donors (Lipinski definition) is 0. The van der Waals surface area contributed by atoms with E-state index in [1.165, 1.54) is 70.8 Å². The van der Waals surface area contributed by atoms with Gasteiger partial charge in [-0.1, -0.05) is 75.5 Å². The number of nitrogens with zero attached hydrogens (tertiary/aromatic N) is 1. The fourth-order valence-corrected chi connectivity index (χ4v) is 4.34. The van der Waals surface area contributed by atoms with Gasteiger partial charge >= 0.3 is 0 Å². The molecule has 0 aliphatic heterocycles. The molecular formula is C24H44NO3S+. The van der Waals surface area contributed by atoms with E-state index in [1.807, 2.05) is 6.92 Å². The van der Waals surface area contributed by atoms with E-state index in [1.54, 1.807) is 24.3 Å². The summed E-state index contributed by atoms with van der Waals surface area (Å²) < 4.78 is 30.4. The molecule has 0 spiro atoms. The Labute approximate surface area is 180 Å². The highest BCUT2D eigenvalue weighted by atomic mass is 32.2. The second-order valence-corrected chi connectivity index (χ2v) is 11.0. The fraction of sp³-hybridized carbons (Fsp3) is 0.750. The van der Waals surface area contributed by atoms with Crippen LogP contribution in [0.25, 0.3) is 0 Å². The Morgan fingerprint density at radius 3 is 1.55 bits per heavy atom. The van der Waals surface area contributed by atoms with E-state index in [9.17, 15) is 8.42 Å². The van der Waals surface area contributed by atoms with Gasteiger partial charge in [-0.2, -0.15) is 8.42 Å². The first-order chi connectivity index (χ1) is 13.7. The van der Waals surface area contributed by atoms with Crippen LogP contribution in [0.3, 0.4) is 0 Å². The lowest BCUT2D eigenvalue weighted by Gasteiger charge is -2.23. The quantitative estimate of drug-likeness (QED) is 0.172. The van der Waals surface area contributed by atoms with Gasteiger partial charge in [0.25, 0.3) is 10.1 Å². The van der Waals surface area contributed by atoms with E-state index >= 15 is 0 Å². The van der Waals surface area contributed by atoms with E-state index in [4.69, 9.17) is 4.18 Å². The summed E-state index contributed by atoms with van der Waals surface area (Å²) in [4.78, 5) is 0.247. The zero-order valence-corrected chi connectivity index (χ0v) is 20.1. The first-order valence-corrected chi connectivity index (χ1v) is 12.9. The third kappa shape index (κ3) is 13.8. The van der Waals surface area contributed by atoms with Crippen molar-refractivity contribution in [3.63, 3.8) is 0 Å². The maximum Gasteiger partial charge on any atom is 0.296 e. The van der Waals surface area contributed by atoms with Gasteiger partial charge in [0.1, 0.15) is 0 Å². The molecule has 0 aliphatic rings. The molecule has 0 aromatic heterocycles. The lowest BCUT2D eigenvalue weighted by molar-refractivity contribution is -0.870. The van der Waals surface area contributed by atoms with E-state index in [0.29, 0.717) is 0 Å². The molecule has 0 radical (unpaired) electrons. The second-order valence-electron chi connectivity index (χ2n) is 9.35. The fourth-order valence-electron chi connectivity index (χ4n) is 3.40. The molecule has 4 nitrogen and oxygen atoms in total. The van der Waals surface area contributed by atoms with Crippen molar-refractivity contribution in [1.29, 1.82) is 0 Å². The molecule has 29 heavy (non-hydrogen) atoms. The van der Waals surface area contributed by atoms with Crippen molar-refractivity contribution in [1.82, 2.24) is 0 Å². The Hall–Kier alpha value is -0.910. The molecule has 0 heterocycles. The lowest BCUT2D eigenvalue weighted by Crippen LogP contribution is -2.35. The number of benzene rings is 1. The van der Waals surface area contributed by atoms with Crippen LogP contribution >= 0.6 is 0 Å². The summed E-state index contributed by atoms with van der Waals surface area (Å²) in [6.07, 6.45) is 15.1. The maximum absolute atomic E-state index is 12.1. The van der Waals surface area contributed by atoms with Crippen molar-refractivity contribution >= 4 is 10.1 Å². The van der Waals surface area contributed by atoms with Crippen LogP contribution in [0.5, 0.6) is 0 Å². The van der Waals surface area contributed by atoms with Crippen LogP contribution in [-0.4, -0.2) is 47.2 Å². The van der Waals surface area contributed by atoms with Crippen LogP contribution in [0.4, 0.5) is 0 Å². The molecule has 5 heteroatoms. The van der Waals surface area contributed by atoms with Crippen LogP contribution in [0.15, 0.2) is 29.2 Å². The minimum atomic E-state index is -3.60. The summed E-state index contributed by atoms with van der Waals surface area (Å²) in [6, 6.07) is 6.80. The second kappa shape index (κ2) is 14.2. The summed E-state index contributed by atoms with van der Waals surface area (Å²) in [5.74, 6) is 0. The highest BCUT2D eigenvalue weighted by Gasteiger charge is 2.14. The maximum atomic E-state index is 12.1. The Morgan fingerprint density at radius 1 is 0.690 bits per heavy atom. The molecule has 1 rings (SSSR count). The third-order valence-corrected chi connectivity index (χ3v) is 6.60. The minimum Gasteiger partial charge on any atom is -0.331 e. The molecule has 0 fully saturated rings. The van der Waals surface area contributed by atoms with Crippen LogP contribution in [0.1, 0.15) is 82.6 Å². The Bertz CT molecular complexity index is 633. The van der Waals surface area contributed by atoms with Crippen molar-refractivity contribution in [2.24, 2.45) is 0 Å². The van der Waals surface area contributed by atoms with Crippen molar-refractivity contribution in [3.8, 4) is 0 Å². The SMILES string of the molecule is Cc1ccc(S(=O)(=O)OCCCCCCCCCCCCCC[N+](C)(C)C)cc1. The van der Waals surface area contributed by atoms with E-state index in [2.05, 4.69) is 21.1 Å². The first-order valence-electron chi connectivity index (χ1n) is 11.5. The highest BCUT2D eigenvalue weighted by Crippen LogP contribution is 2.15. The zero-order valence-electron chi connectivity index (χ0n) is 19.3. The minimum absolute atomic E-state index is 0.247. The van der Waals surface area contributed by atoms with Gasteiger partial charge in [0, 0.05) is 0 Å². The molecule has 0 bridgehead atoms. The normalized spacial score (nSPS) is 12.4. The topological polar surface area (TPSA) is 43.4 Å². The van der Waals surface area contributed by atoms with Gasteiger partial charge in [-0.3, -0.25) is 4.18 Å². The average Bonchev–Trinajstić information content (AvgIpc) is 2.64. The molecule has 168 valence electrons. The summed E-state index contributed by atoms with van der Waals surface area (Å²) in [7, 11) is 3.19.